The molecule has 1 aliphatic rings. The molecule has 1 N–H and O–H groups in total. The molecule has 2 rings (SSSR count). The quantitative estimate of drug-likeness (QED) is 0.833. The first-order chi connectivity index (χ1) is 7.83. The van der Waals surface area contributed by atoms with E-state index in [2.05, 4.69) is 42.3 Å². The second-order valence-corrected chi connectivity index (χ2v) is 4.49. The van der Waals surface area contributed by atoms with Crippen LogP contribution in [0.3, 0.4) is 0 Å². The van der Waals surface area contributed by atoms with Gasteiger partial charge in [0.1, 0.15) is 0 Å². The predicted molar refractivity (Wildman–Crippen MR) is 68.5 cm³/mol. The molecular formula is C14H22N2. The van der Waals surface area contributed by atoms with Crippen LogP contribution >= 0.6 is 0 Å². The second-order valence-electron chi connectivity index (χ2n) is 4.49. The van der Waals surface area contributed by atoms with Gasteiger partial charge in [-0.05, 0) is 42.7 Å². The Morgan fingerprint density at radius 1 is 1.19 bits per heavy atom. The molecule has 2 nitrogen and oxygen atoms in total. The van der Waals surface area contributed by atoms with Crippen molar-refractivity contribution in [1.29, 1.82) is 0 Å². The first-order valence-electron chi connectivity index (χ1n) is 6.37. The molecule has 0 atom stereocenters. The average molecular weight is 218 g/mol. The van der Waals surface area contributed by atoms with Gasteiger partial charge in [-0.3, -0.25) is 4.90 Å². The third-order valence-corrected chi connectivity index (χ3v) is 3.46. The lowest BCUT2D eigenvalue weighted by Crippen LogP contribution is -2.25. The lowest BCUT2D eigenvalue weighted by atomic mass is 9.98. The Morgan fingerprint density at radius 2 is 2.00 bits per heavy atom. The highest BCUT2D eigenvalue weighted by Crippen LogP contribution is 2.16. The Kier molecular flexibility index (Phi) is 3.97. The molecule has 1 aromatic carbocycles. The van der Waals surface area contributed by atoms with Gasteiger partial charge in [0.25, 0.3) is 0 Å². The highest BCUT2D eigenvalue weighted by Gasteiger charge is 2.09. The Hall–Kier alpha value is -0.860. The minimum absolute atomic E-state index is 1.04. The first-order valence-corrected chi connectivity index (χ1v) is 6.37. The van der Waals surface area contributed by atoms with E-state index in [1.165, 1.54) is 23.1 Å². The number of rotatable bonds is 4. The lowest BCUT2D eigenvalue weighted by Gasteiger charge is -2.21. The van der Waals surface area contributed by atoms with Gasteiger partial charge in [-0.15, -0.1) is 0 Å². The summed E-state index contributed by atoms with van der Waals surface area (Å²) in [6.45, 7) is 9.97. The van der Waals surface area contributed by atoms with E-state index in [0.29, 0.717) is 0 Å². The van der Waals surface area contributed by atoms with Crippen LogP contribution in [0.2, 0.25) is 0 Å². The molecule has 0 radical (unpaired) electrons. The van der Waals surface area contributed by atoms with Gasteiger partial charge in [0.15, 0.2) is 0 Å². The van der Waals surface area contributed by atoms with Crippen LogP contribution in [0.25, 0.3) is 0 Å². The zero-order valence-corrected chi connectivity index (χ0v) is 10.4. The third-order valence-electron chi connectivity index (χ3n) is 3.46. The molecule has 1 aromatic rings. The molecule has 16 heavy (non-hydrogen) atoms. The average Bonchev–Trinajstić information content (AvgIpc) is 2.35. The van der Waals surface area contributed by atoms with Crippen molar-refractivity contribution >= 4 is 0 Å². The number of hydrogen-bond donors (Lipinski definition) is 1. The molecule has 1 heterocycles. The van der Waals surface area contributed by atoms with E-state index in [0.717, 1.165) is 32.7 Å². The third kappa shape index (κ3) is 2.63. The minimum Gasteiger partial charge on any atom is -0.312 e. The fraction of sp³-hybridized carbons (Fsp3) is 0.571. The molecule has 0 aliphatic carbocycles. The fourth-order valence-electron chi connectivity index (χ4n) is 2.34. The number of nitrogens with one attached hydrogen (secondary N) is 1. The zero-order valence-electron chi connectivity index (χ0n) is 10.4. The van der Waals surface area contributed by atoms with Crippen LogP contribution in [0.5, 0.6) is 0 Å². The summed E-state index contributed by atoms with van der Waals surface area (Å²) in [5.74, 6) is 0. The van der Waals surface area contributed by atoms with Crippen LogP contribution in [0, 0.1) is 0 Å². The SMILES string of the molecule is CCN(CC)Cc1ccc2c(c1)CNCC2. The van der Waals surface area contributed by atoms with Crippen molar-refractivity contribution < 1.29 is 0 Å². The summed E-state index contributed by atoms with van der Waals surface area (Å²) in [6, 6.07) is 6.98. The summed E-state index contributed by atoms with van der Waals surface area (Å²) in [6.07, 6.45) is 1.18. The summed E-state index contributed by atoms with van der Waals surface area (Å²) >= 11 is 0. The van der Waals surface area contributed by atoms with Crippen molar-refractivity contribution in [2.24, 2.45) is 0 Å². The summed E-state index contributed by atoms with van der Waals surface area (Å²) < 4.78 is 0. The van der Waals surface area contributed by atoms with Gasteiger partial charge >= 0.3 is 0 Å². The van der Waals surface area contributed by atoms with E-state index in [1.54, 1.807) is 0 Å². The van der Waals surface area contributed by atoms with Gasteiger partial charge in [-0.1, -0.05) is 32.0 Å². The van der Waals surface area contributed by atoms with Gasteiger partial charge in [0, 0.05) is 13.1 Å². The van der Waals surface area contributed by atoms with Gasteiger partial charge in [-0.25, -0.2) is 0 Å². The predicted octanol–water partition coefficient (Wildman–Crippen LogP) is 2.17. The molecule has 0 spiro atoms. The normalized spacial score (nSPS) is 15.2. The second kappa shape index (κ2) is 5.46. The van der Waals surface area contributed by atoms with Crippen molar-refractivity contribution in [3.8, 4) is 0 Å². The maximum absolute atomic E-state index is 3.44. The standard InChI is InChI=1S/C14H22N2/c1-3-16(4-2)11-12-5-6-13-7-8-15-10-14(13)9-12/h5-6,9,15H,3-4,7-8,10-11H2,1-2H3. The number of fused-ring (bicyclic) bond motifs is 1. The molecule has 88 valence electrons. The van der Waals surface area contributed by atoms with Crippen molar-refractivity contribution in [1.82, 2.24) is 10.2 Å². The molecule has 0 aromatic heterocycles. The van der Waals surface area contributed by atoms with Crippen molar-refractivity contribution in [3.05, 3.63) is 34.9 Å². The largest absolute Gasteiger partial charge is 0.312 e. The topological polar surface area (TPSA) is 15.3 Å². The maximum atomic E-state index is 3.44. The van der Waals surface area contributed by atoms with Crippen molar-refractivity contribution in [2.45, 2.75) is 33.4 Å². The van der Waals surface area contributed by atoms with Gasteiger partial charge in [0.05, 0.1) is 0 Å². The van der Waals surface area contributed by atoms with E-state index in [4.69, 9.17) is 0 Å². The summed E-state index contributed by atoms with van der Waals surface area (Å²) in [5, 5.41) is 3.44. The van der Waals surface area contributed by atoms with E-state index in [9.17, 15) is 0 Å². The van der Waals surface area contributed by atoms with Gasteiger partial charge in [-0.2, -0.15) is 0 Å². The highest BCUT2D eigenvalue weighted by atomic mass is 15.1. The fourth-order valence-corrected chi connectivity index (χ4v) is 2.34. The van der Waals surface area contributed by atoms with Crippen molar-refractivity contribution in [3.63, 3.8) is 0 Å². The monoisotopic (exact) mass is 218 g/mol. The molecule has 0 fully saturated rings. The molecule has 0 amide bonds. The highest BCUT2D eigenvalue weighted by molar-refractivity contribution is 5.33. The molecule has 0 saturated carbocycles. The van der Waals surface area contributed by atoms with Crippen LogP contribution in [-0.4, -0.2) is 24.5 Å². The number of nitrogens with zero attached hydrogens (tertiary/aromatic N) is 1. The lowest BCUT2D eigenvalue weighted by molar-refractivity contribution is 0.295. The minimum atomic E-state index is 1.04. The summed E-state index contributed by atoms with van der Waals surface area (Å²) in [7, 11) is 0. The molecular weight excluding hydrogens is 196 g/mol. The molecule has 1 aliphatic heterocycles. The first kappa shape index (κ1) is 11.6. The molecule has 0 bridgehead atoms. The van der Waals surface area contributed by atoms with Gasteiger partial charge in [0.2, 0.25) is 0 Å². The van der Waals surface area contributed by atoms with Gasteiger partial charge < -0.3 is 5.32 Å². The summed E-state index contributed by atoms with van der Waals surface area (Å²) in [4.78, 5) is 2.46. The Balaban J connectivity index is 2.10. The summed E-state index contributed by atoms with van der Waals surface area (Å²) in [5.41, 5.74) is 4.48. The van der Waals surface area contributed by atoms with Crippen LogP contribution in [-0.2, 0) is 19.5 Å². The molecule has 0 unspecified atom stereocenters. The van der Waals surface area contributed by atoms with E-state index >= 15 is 0 Å². The van der Waals surface area contributed by atoms with E-state index in [1.807, 2.05) is 0 Å². The molecule has 0 saturated heterocycles. The van der Waals surface area contributed by atoms with Crippen molar-refractivity contribution in [2.75, 3.05) is 19.6 Å². The zero-order chi connectivity index (χ0) is 11.4. The van der Waals surface area contributed by atoms with E-state index in [-0.39, 0.29) is 0 Å². The van der Waals surface area contributed by atoms with Crippen LogP contribution in [0.1, 0.15) is 30.5 Å². The smallest absolute Gasteiger partial charge is 0.0233 e. The number of hydrogen-bond acceptors (Lipinski definition) is 2. The molecule has 2 heteroatoms. The maximum Gasteiger partial charge on any atom is 0.0233 e. The Bertz CT molecular complexity index is 343. The van der Waals surface area contributed by atoms with Crippen LogP contribution in [0.4, 0.5) is 0 Å². The van der Waals surface area contributed by atoms with Crippen LogP contribution < -0.4 is 5.32 Å². The Morgan fingerprint density at radius 3 is 2.75 bits per heavy atom. The Labute approximate surface area is 98.7 Å². The number of benzene rings is 1. The van der Waals surface area contributed by atoms with E-state index < -0.39 is 0 Å². The van der Waals surface area contributed by atoms with Crippen LogP contribution in [0.15, 0.2) is 18.2 Å².